The maximum absolute atomic E-state index is 11.7. The van der Waals surface area contributed by atoms with Crippen molar-refractivity contribution < 1.29 is 9.53 Å². The molecule has 0 bridgehead atoms. The van der Waals surface area contributed by atoms with Crippen LogP contribution >= 0.6 is 0 Å². The number of aromatic amines is 1. The number of morpholine rings is 1. The molecule has 6 rings (SSSR count). The second-order valence-corrected chi connectivity index (χ2v) is 11.1. The van der Waals surface area contributed by atoms with E-state index in [2.05, 4.69) is 96.3 Å². The van der Waals surface area contributed by atoms with Gasteiger partial charge in [-0.3, -0.25) is 14.7 Å². The fourth-order valence-corrected chi connectivity index (χ4v) is 5.84. The molecule has 218 valence electrons. The fourth-order valence-electron chi connectivity index (χ4n) is 5.84. The maximum Gasteiger partial charge on any atom is 0.243 e. The Morgan fingerprint density at radius 2 is 1.98 bits per heavy atom. The molecule has 2 fully saturated rings. The number of fused-ring (bicyclic) bond motifs is 1. The molecular formula is C32H38N8O2. The van der Waals surface area contributed by atoms with Gasteiger partial charge < -0.3 is 25.3 Å². The number of amides is 1. The van der Waals surface area contributed by atoms with Gasteiger partial charge in [-0.1, -0.05) is 18.7 Å². The first kappa shape index (κ1) is 27.9. The van der Waals surface area contributed by atoms with Gasteiger partial charge in [-0.25, -0.2) is 9.97 Å². The van der Waals surface area contributed by atoms with Crippen molar-refractivity contribution in [3.63, 3.8) is 0 Å². The fraction of sp³-hybridized carbons (Fsp3) is 0.375. The lowest BCUT2D eigenvalue weighted by atomic mass is 10.0. The van der Waals surface area contributed by atoms with Crippen LogP contribution in [0.4, 0.5) is 11.5 Å². The molecule has 5 heterocycles. The molecule has 10 heteroatoms. The highest BCUT2D eigenvalue weighted by molar-refractivity contribution is 5.92. The van der Waals surface area contributed by atoms with Crippen molar-refractivity contribution in [1.29, 1.82) is 0 Å². The van der Waals surface area contributed by atoms with Crippen LogP contribution in [0.3, 0.4) is 0 Å². The standard InChI is InChI=1S/C32H38N8O2/c1-3-30(41)37-26-5-4-12-39(20-26)19-23-10-11-33-28(17-23)22(2)36-25-8-6-24(7-9-25)29-18-27-31(38-29)34-21-35-32(27)40-13-15-42-16-14-40/h3,6-11,17-18,21-22,26,36H,1,4-5,12-16,19-20H2,2H3,(H,37,41)(H,34,35,38)/t22?,26-/m1/s1. The molecule has 3 aromatic heterocycles. The third kappa shape index (κ3) is 6.45. The van der Waals surface area contributed by atoms with Crippen molar-refractivity contribution in [2.24, 2.45) is 0 Å². The Morgan fingerprint density at radius 3 is 2.79 bits per heavy atom. The highest BCUT2D eigenvalue weighted by atomic mass is 16.5. The maximum atomic E-state index is 11.7. The van der Waals surface area contributed by atoms with Crippen molar-refractivity contribution >= 4 is 28.4 Å². The minimum absolute atomic E-state index is 0.0382. The molecule has 2 aliphatic rings. The van der Waals surface area contributed by atoms with Gasteiger partial charge in [0.2, 0.25) is 5.91 Å². The minimum atomic E-state index is -0.102. The van der Waals surface area contributed by atoms with Crippen molar-refractivity contribution in [2.75, 3.05) is 49.6 Å². The zero-order valence-electron chi connectivity index (χ0n) is 24.1. The topological polar surface area (TPSA) is 111 Å². The lowest BCUT2D eigenvalue weighted by Gasteiger charge is -2.33. The number of likely N-dealkylation sites (tertiary alicyclic amines) is 1. The van der Waals surface area contributed by atoms with Crippen LogP contribution < -0.4 is 15.5 Å². The van der Waals surface area contributed by atoms with Gasteiger partial charge in [-0.2, -0.15) is 0 Å². The number of carbonyl (C=O) groups is 1. The third-order valence-corrected chi connectivity index (χ3v) is 8.03. The van der Waals surface area contributed by atoms with Gasteiger partial charge in [-0.05, 0) is 73.8 Å². The summed E-state index contributed by atoms with van der Waals surface area (Å²) in [5, 5.41) is 7.67. The van der Waals surface area contributed by atoms with Crippen molar-refractivity contribution in [3.05, 3.63) is 78.9 Å². The van der Waals surface area contributed by atoms with E-state index in [4.69, 9.17) is 4.74 Å². The van der Waals surface area contributed by atoms with E-state index < -0.39 is 0 Å². The Morgan fingerprint density at radius 1 is 1.14 bits per heavy atom. The molecule has 0 spiro atoms. The van der Waals surface area contributed by atoms with Gasteiger partial charge in [0.15, 0.2) is 0 Å². The Bertz CT molecular complexity index is 1530. The first-order chi connectivity index (χ1) is 20.6. The molecule has 1 aromatic carbocycles. The van der Waals surface area contributed by atoms with Crippen LogP contribution in [0.1, 0.15) is 37.1 Å². The van der Waals surface area contributed by atoms with E-state index in [1.54, 1.807) is 6.33 Å². The summed E-state index contributed by atoms with van der Waals surface area (Å²) >= 11 is 0. The minimum Gasteiger partial charge on any atom is -0.378 e. The summed E-state index contributed by atoms with van der Waals surface area (Å²) < 4.78 is 5.51. The first-order valence-corrected chi connectivity index (χ1v) is 14.7. The number of pyridine rings is 1. The average molecular weight is 567 g/mol. The summed E-state index contributed by atoms with van der Waals surface area (Å²) in [6.45, 7) is 11.5. The summed E-state index contributed by atoms with van der Waals surface area (Å²) in [6.07, 6.45) is 6.92. The van der Waals surface area contributed by atoms with Crippen molar-refractivity contribution in [1.82, 2.24) is 30.2 Å². The molecule has 2 atom stereocenters. The monoisotopic (exact) mass is 566 g/mol. The van der Waals surface area contributed by atoms with E-state index in [0.29, 0.717) is 13.2 Å². The number of nitrogens with zero attached hydrogens (tertiary/aromatic N) is 5. The normalized spacial score (nSPS) is 18.5. The number of benzene rings is 1. The number of rotatable bonds is 9. The summed E-state index contributed by atoms with van der Waals surface area (Å²) in [6, 6.07) is 15.0. The molecule has 0 radical (unpaired) electrons. The quantitative estimate of drug-likeness (QED) is 0.257. The average Bonchev–Trinajstić information content (AvgIpc) is 3.47. The Labute approximate surface area is 246 Å². The molecule has 0 saturated carbocycles. The zero-order chi connectivity index (χ0) is 28.9. The molecule has 4 aromatic rings. The lowest BCUT2D eigenvalue weighted by molar-refractivity contribution is -0.117. The molecular weight excluding hydrogens is 528 g/mol. The second-order valence-electron chi connectivity index (χ2n) is 11.1. The number of carbonyl (C=O) groups excluding carboxylic acids is 1. The highest BCUT2D eigenvalue weighted by Gasteiger charge is 2.21. The molecule has 42 heavy (non-hydrogen) atoms. The molecule has 10 nitrogen and oxygen atoms in total. The number of aromatic nitrogens is 4. The third-order valence-electron chi connectivity index (χ3n) is 8.03. The number of hydrogen-bond donors (Lipinski definition) is 3. The number of anilines is 2. The Kier molecular flexibility index (Phi) is 8.43. The largest absolute Gasteiger partial charge is 0.378 e. The van der Waals surface area contributed by atoms with Crippen molar-refractivity contribution in [2.45, 2.75) is 38.4 Å². The van der Waals surface area contributed by atoms with Crippen LogP contribution in [0, 0.1) is 0 Å². The predicted molar refractivity (Wildman–Crippen MR) is 165 cm³/mol. The number of hydrogen-bond acceptors (Lipinski definition) is 8. The molecule has 2 saturated heterocycles. The highest BCUT2D eigenvalue weighted by Crippen LogP contribution is 2.30. The van der Waals surface area contributed by atoms with E-state index in [1.165, 1.54) is 11.6 Å². The zero-order valence-corrected chi connectivity index (χ0v) is 24.1. The first-order valence-electron chi connectivity index (χ1n) is 14.7. The molecule has 1 amide bonds. The van der Waals surface area contributed by atoms with Crippen LogP contribution in [0.5, 0.6) is 0 Å². The van der Waals surface area contributed by atoms with Gasteiger partial charge in [0, 0.05) is 49.8 Å². The van der Waals surface area contributed by atoms with E-state index in [-0.39, 0.29) is 18.0 Å². The lowest BCUT2D eigenvalue weighted by Crippen LogP contribution is -2.46. The van der Waals surface area contributed by atoms with Crippen molar-refractivity contribution in [3.8, 4) is 11.3 Å². The SMILES string of the molecule is C=CC(=O)N[C@@H]1CCCN(Cc2ccnc(C(C)Nc3ccc(-c4cc5c(N6CCOCC6)ncnc5[nH]4)cc3)c2)C1. The molecule has 2 aliphatic heterocycles. The Balaban J connectivity index is 1.09. The summed E-state index contributed by atoms with van der Waals surface area (Å²) in [4.78, 5) is 33.5. The number of piperidine rings is 1. The predicted octanol–water partition coefficient (Wildman–Crippen LogP) is 4.30. The van der Waals surface area contributed by atoms with E-state index in [9.17, 15) is 4.79 Å². The van der Waals surface area contributed by atoms with Crippen LogP contribution in [-0.2, 0) is 16.1 Å². The van der Waals surface area contributed by atoms with Gasteiger partial charge >= 0.3 is 0 Å². The van der Waals surface area contributed by atoms with E-state index in [0.717, 1.165) is 85.1 Å². The van der Waals surface area contributed by atoms with Gasteiger partial charge in [0.1, 0.15) is 17.8 Å². The molecule has 1 unspecified atom stereocenters. The smallest absolute Gasteiger partial charge is 0.243 e. The van der Waals surface area contributed by atoms with Gasteiger partial charge in [0.25, 0.3) is 0 Å². The number of ether oxygens (including phenoxy) is 1. The number of nitrogens with one attached hydrogen (secondary N) is 3. The van der Waals surface area contributed by atoms with E-state index >= 15 is 0 Å². The summed E-state index contributed by atoms with van der Waals surface area (Å²) in [5.74, 6) is 0.849. The molecule has 3 N–H and O–H groups in total. The Hall–Kier alpha value is -4.28. The summed E-state index contributed by atoms with van der Waals surface area (Å²) in [7, 11) is 0. The molecule has 0 aliphatic carbocycles. The summed E-state index contributed by atoms with van der Waals surface area (Å²) in [5.41, 5.74) is 6.18. The number of H-pyrrole nitrogens is 1. The van der Waals surface area contributed by atoms with Gasteiger partial charge in [-0.15, -0.1) is 0 Å². The van der Waals surface area contributed by atoms with Crippen LogP contribution in [0.2, 0.25) is 0 Å². The van der Waals surface area contributed by atoms with Crippen LogP contribution in [0.15, 0.2) is 67.6 Å². The van der Waals surface area contributed by atoms with Gasteiger partial charge in [0.05, 0.1) is 30.3 Å². The van der Waals surface area contributed by atoms with Crippen LogP contribution in [-0.4, -0.2) is 76.2 Å². The van der Waals surface area contributed by atoms with E-state index in [1.807, 2.05) is 6.20 Å². The van der Waals surface area contributed by atoms with Crippen LogP contribution in [0.25, 0.3) is 22.3 Å². The second kappa shape index (κ2) is 12.7.